The summed E-state index contributed by atoms with van der Waals surface area (Å²) in [6.07, 6.45) is 2.88. The van der Waals surface area contributed by atoms with E-state index in [1.807, 2.05) is 21.0 Å². The van der Waals surface area contributed by atoms with Gasteiger partial charge < -0.3 is 10.2 Å². The zero-order chi connectivity index (χ0) is 20.0. The van der Waals surface area contributed by atoms with E-state index in [4.69, 9.17) is 0 Å². The summed E-state index contributed by atoms with van der Waals surface area (Å²) in [5.41, 5.74) is 2.42. The number of hydrogen-bond acceptors (Lipinski definition) is 4. The molecule has 1 aromatic carbocycles. The van der Waals surface area contributed by atoms with Crippen molar-refractivity contribution in [2.24, 2.45) is 0 Å². The smallest absolute Gasteiger partial charge is 0.238 e. The fourth-order valence-corrected chi connectivity index (χ4v) is 5.35. The van der Waals surface area contributed by atoms with Gasteiger partial charge in [0.25, 0.3) is 0 Å². The summed E-state index contributed by atoms with van der Waals surface area (Å²) in [6.45, 7) is 4.86. The van der Waals surface area contributed by atoms with Crippen LogP contribution in [0.5, 0.6) is 0 Å². The molecule has 7 heteroatoms. The molecule has 1 heterocycles. The number of aryl methyl sites for hydroxylation is 1. The second-order valence-electron chi connectivity index (χ2n) is 7.40. The van der Waals surface area contributed by atoms with E-state index in [1.165, 1.54) is 9.87 Å². The van der Waals surface area contributed by atoms with Crippen LogP contribution in [-0.4, -0.2) is 62.5 Å². The first-order valence-corrected chi connectivity index (χ1v) is 11.4. The van der Waals surface area contributed by atoms with Crippen LogP contribution in [0.15, 0.2) is 24.3 Å². The van der Waals surface area contributed by atoms with Gasteiger partial charge >= 0.3 is 0 Å². The van der Waals surface area contributed by atoms with E-state index < -0.39 is 16.1 Å². The average molecular weight is 396 g/mol. The van der Waals surface area contributed by atoms with Crippen molar-refractivity contribution in [1.29, 1.82) is 0 Å². The van der Waals surface area contributed by atoms with Crippen LogP contribution in [0.3, 0.4) is 0 Å². The summed E-state index contributed by atoms with van der Waals surface area (Å²) in [5, 5.41) is 2.99. The Labute approximate surface area is 164 Å². The van der Waals surface area contributed by atoms with E-state index >= 15 is 0 Å². The fourth-order valence-electron chi connectivity index (χ4n) is 3.60. The van der Waals surface area contributed by atoms with Gasteiger partial charge in [-0.25, -0.2) is 8.42 Å². The molecule has 0 aliphatic carbocycles. The number of sulfonamides is 1. The standard InChI is InChI=1S/C20H33N3O3S/c1-5-14-27(25,26)23-13-7-8-18(23)20(24)21-15-19(22(3)4)17-11-9-16(6-2)10-12-17/h9-12,18-19H,5-8,13-15H2,1-4H3,(H,21,24). The number of amides is 1. The number of rotatable bonds is 9. The predicted molar refractivity (Wildman–Crippen MR) is 109 cm³/mol. The second kappa shape index (κ2) is 9.66. The Balaban J connectivity index is 2.04. The molecule has 0 bridgehead atoms. The van der Waals surface area contributed by atoms with E-state index in [0.717, 1.165) is 18.4 Å². The van der Waals surface area contributed by atoms with Crippen molar-refractivity contribution in [1.82, 2.24) is 14.5 Å². The number of nitrogens with one attached hydrogen (secondary N) is 1. The third kappa shape index (κ3) is 5.53. The Morgan fingerprint density at radius 2 is 1.93 bits per heavy atom. The zero-order valence-corrected chi connectivity index (χ0v) is 17.8. The highest BCUT2D eigenvalue weighted by Crippen LogP contribution is 2.23. The van der Waals surface area contributed by atoms with Gasteiger partial charge in [-0.2, -0.15) is 4.31 Å². The minimum absolute atomic E-state index is 0.0435. The molecule has 1 amide bonds. The maximum Gasteiger partial charge on any atom is 0.238 e. The molecule has 0 spiro atoms. The molecule has 0 saturated carbocycles. The number of carbonyl (C=O) groups is 1. The maximum atomic E-state index is 12.7. The molecule has 2 rings (SSSR count). The molecule has 1 aliphatic rings. The molecule has 2 atom stereocenters. The molecule has 6 nitrogen and oxygen atoms in total. The van der Waals surface area contributed by atoms with E-state index in [-0.39, 0.29) is 17.7 Å². The number of hydrogen-bond donors (Lipinski definition) is 1. The third-order valence-electron chi connectivity index (χ3n) is 5.19. The molecule has 1 saturated heterocycles. The van der Waals surface area contributed by atoms with Crippen molar-refractivity contribution in [2.75, 3.05) is 32.9 Å². The Morgan fingerprint density at radius 1 is 1.26 bits per heavy atom. The van der Waals surface area contributed by atoms with Crippen molar-refractivity contribution >= 4 is 15.9 Å². The largest absolute Gasteiger partial charge is 0.353 e. The van der Waals surface area contributed by atoms with Crippen LogP contribution >= 0.6 is 0 Å². The lowest BCUT2D eigenvalue weighted by Gasteiger charge is -2.27. The normalized spacial score (nSPS) is 19.4. The minimum Gasteiger partial charge on any atom is -0.353 e. The molecule has 0 aromatic heterocycles. The lowest BCUT2D eigenvalue weighted by Crippen LogP contribution is -2.48. The van der Waals surface area contributed by atoms with E-state index in [2.05, 4.69) is 41.4 Å². The Kier molecular flexibility index (Phi) is 7.82. The van der Waals surface area contributed by atoms with Gasteiger partial charge in [0.1, 0.15) is 6.04 Å². The SMILES string of the molecule is CCCS(=O)(=O)N1CCCC1C(=O)NCC(c1ccc(CC)cc1)N(C)C. The highest BCUT2D eigenvalue weighted by atomic mass is 32.2. The van der Waals surface area contributed by atoms with Gasteiger partial charge in [0.05, 0.1) is 11.8 Å². The van der Waals surface area contributed by atoms with Gasteiger partial charge in [-0.15, -0.1) is 0 Å². The average Bonchev–Trinajstić information content (AvgIpc) is 3.13. The van der Waals surface area contributed by atoms with Gasteiger partial charge in [-0.05, 0) is 50.9 Å². The molecule has 1 aromatic rings. The number of likely N-dealkylation sites (N-methyl/N-ethyl adjacent to an activating group) is 1. The van der Waals surface area contributed by atoms with Crippen LogP contribution in [-0.2, 0) is 21.2 Å². The molecule has 2 unspecified atom stereocenters. The Bertz CT molecular complexity index is 716. The number of nitrogens with zero attached hydrogens (tertiary/aromatic N) is 2. The summed E-state index contributed by atoms with van der Waals surface area (Å²) < 4.78 is 26.2. The molecular formula is C20H33N3O3S. The van der Waals surface area contributed by atoms with Crippen LogP contribution in [0, 0.1) is 0 Å². The molecule has 1 N–H and O–H groups in total. The summed E-state index contributed by atoms with van der Waals surface area (Å²) in [5.74, 6) is -0.0925. The monoisotopic (exact) mass is 395 g/mol. The first-order chi connectivity index (χ1) is 12.8. The summed E-state index contributed by atoms with van der Waals surface area (Å²) in [7, 11) is 0.612. The first-order valence-electron chi connectivity index (χ1n) is 9.82. The third-order valence-corrected chi connectivity index (χ3v) is 7.27. The lowest BCUT2D eigenvalue weighted by molar-refractivity contribution is -0.124. The van der Waals surface area contributed by atoms with Crippen LogP contribution in [0.1, 0.15) is 50.3 Å². The van der Waals surface area contributed by atoms with Crippen molar-refractivity contribution < 1.29 is 13.2 Å². The van der Waals surface area contributed by atoms with Crippen LogP contribution in [0.4, 0.5) is 0 Å². The predicted octanol–water partition coefficient (Wildman–Crippen LogP) is 2.17. The summed E-state index contributed by atoms with van der Waals surface area (Å²) in [6, 6.07) is 7.90. The molecule has 0 radical (unpaired) electrons. The first kappa shape index (κ1) is 21.9. The van der Waals surface area contributed by atoms with Crippen molar-refractivity contribution in [3.05, 3.63) is 35.4 Å². The summed E-state index contributed by atoms with van der Waals surface area (Å²) >= 11 is 0. The Hall–Kier alpha value is -1.44. The highest BCUT2D eigenvalue weighted by molar-refractivity contribution is 7.89. The molecule has 27 heavy (non-hydrogen) atoms. The van der Waals surface area contributed by atoms with E-state index in [9.17, 15) is 13.2 Å². The van der Waals surface area contributed by atoms with Gasteiger partial charge in [0, 0.05) is 13.1 Å². The van der Waals surface area contributed by atoms with Gasteiger partial charge in [-0.1, -0.05) is 38.1 Å². The molecule has 1 fully saturated rings. The quantitative estimate of drug-likeness (QED) is 0.696. The zero-order valence-electron chi connectivity index (χ0n) is 16.9. The highest BCUT2D eigenvalue weighted by Gasteiger charge is 2.38. The van der Waals surface area contributed by atoms with Gasteiger partial charge in [-0.3, -0.25) is 4.79 Å². The van der Waals surface area contributed by atoms with Crippen molar-refractivity contribution in [3.8, 4) is 0 Å². The van der Waals surface area contributed by atoms with Crippen LogP contribution < -0.4 is 5.32 Å². The molecular weight excluding hydrogens is 362 g/mol. The molecule has 152 valence electrons. The Morgan fingerprint density at radius 3 is 2.48 bits per heavy atom. The van der Waals surface area contributed by atoms with Crippen LogP contribution in [0.25, 0.3) is 0 Å². The van der Waals surface area contributed by atoms with E-state index in [0.29, 0.717) is 25.9 Å². The second-order valence-corrected chi connectivity index (χ2v) is 9.45. The van der Waals surface area contributed by atoms with Crippen molar-refractivity contribution in [3.63, 3.8) is 0 Å². The lowest BCUT2D eigenvalue weighted by atomic mass is 10.0. The van der Waals surface area contributed by atoms with Gasteiger partial charge in [0.2, 0.25) is 15.9 Å². The van der Waals surface area contributed by atoms with Crippen LogP contribution in [0.2, 0.25) is 0 Å². The number of carbonyl (C=O) groups excluding carboxylic acids is 1. The van der Waals surface area contributed by atoms with E-state index in [1.54, 1.807) is 0 Å². The van der Waals surface area contributed by atoms with Crippen molar-refractivity contribution in [2.45, 2.75) is 51.6 Å². The minimum atomic E-state index is -3.36. The topological polar surface area (TPSA) is 69.7 Å². The van der Waals surface area contributed by atoms with Gasteiger partial charge in [0.15, 0.2) is 0 Å². The number of benzene rings is 1. The molecule has 1 aliphatic heterocycles. The maximum absolute atomic E-state index is 12.7. The summed E-state index contributed by atoms with van der Waals surface area (Å²) in [4.78, 5) is 14.8. The fraction of sp³-hybridized carbons (Fsp3) is 0.650.